The maximum atomic E-state index is 10.7. The summed E-state index contributed by atoms with van der Waals surface area (Å²) in [6.45, 7) is 0. The number of rotatable bonds is 1. The summed E-state index contributed by atoms with van der Waals surface area (Å²) >= 11 is 0. The summed E-state index contributed by atoms with van der Waals surface area (Å²) in [5.74, 6) is 0. The number of amides is 2. The van der Waals surface area contributed by atoms with Crippen molar-refractivity contribution in [3.8, 4) is 0 Å². The van der Waals surface area contributed by atoms with E-state index in [1.807, 2.05) is 12.1 Å². The third-order valence-electron chi connectivity index (χ3n) is 2.43. The average Bonchev–Trinajstić information content (AvgIpc) is 2.45. The third kappa shape index (κ3) is 1.56. The maximum Gasteiger partial charge on any atom is 0.316 e. The second-order valence-electron chi connectivity index (χ2n) is 3.49. The number of aliphatic hydroxyl groups excluding tert-OH is 1. The van der Waals surface area contributed by atoms with Crippen molar-refractivity contribution >= 4 is 11.7 Å². The molecule has 4 N–H and O–H groups in total. The van der Waals surface area contributed by atoms with Gasteiger partial charge in [0.15, 0.2) is 0 Å². The molecule has 4 nitrogen and oxygen atoms in total. The van der Waals surface area contributed by atoms with E-state index in [2.05, 4.69) is 5.32 Å². The lowest BCUT2D eigenvalue weighted by molar-refractivity contribution is 0.187. The Hall–Kier alpha value is -1.55. The van der Waals surface area contributed by atoms with Crippen LogP contribution in [0.15, 0.2) is 18.2 Å². The zero-order valence-electron chi connectivity index (χ0n) is 7.66. The molecule has 1 aliphatic rings. The minimum absolute atomic E-state index is 0.333. The summed E-state index contributed by atoms with van der Waals surface area (Å²) in [7, 11) is 0. The van der Waals surface area contributed by atoms with Gasteiger partial charge in [-0.1, -0.05) is 12.1 Å². The molecular formula is C10H12N2O2. The molecule has 0 bridgehead atoms. The Morgan fingerprint density at radius 2 is 2.29 bits per heavy atom. The van der Waals surface area contributed by atoms with Crippen molar-refractivity contribution in [2.75, 3.05) is 5.32 Å². The van der Waals surface area contributed by atoms with Crippen molar-refractivity contribution in [2.45, 2.75) is 18.9 Å². The lowest BCUT2D eigenvalue weighted by Gasteiger charge is -2.07. The molecule has 14 heavy (non-hydrogen) atoms. The van der Waals surface area contributed by atoms with Gasteiger partial charge in [-0.15, -0.1) is 0 Å². The molecule has 2 amide bonds. The molecule has 2 rings (SSSR count). The van der Waals surface area contributed by atoms with Gasteiger partial charge in [0, 0.05) is 12.1 Å². The van der Waals surface area contributed by atoms with Crippen LogP contribution in [-0.4, -0.2) is 17.2 Å². The van der Waals surface area contributed by atoms with Crippen molar-refractivity contribution in [1.29, 1.82) is 0 Å². The van der Waals surface area contributed by atoms with Crippen LogP contribution < -0.4 is 11.1 Å². The Labute approximate surface area is 81.7 Å². The highest BCUT2D eigenvalue weighted by Gasteiger charge is 2.21. The summed E-state index contributed by atoms with van der Waals surface area (Å²) in [5.41, 5.74) is 7.84. The van der Waals surface area contributed by atoms with Crippen LogP contribution in [-0.2, 0) is 12.8 Å². The van der Waals surface area contributed by atoms with Crippen LogP contribution in [0.25, 0.3) is 0 Å². The van der Waals surface area contributed by atoms with Crippen LogP contribution in [0.4, 0.5) is 10.5 Å². The highest BCUT2D eigenvalue weighted by atomic mass is 16.3. The second kappa shape index (κ2) is 3.31. The number of carbonyl (C=O) groups excluding carboxylic acids is 1. The number of benzene rings is 1. The molecule has 4 heteroatoms. The molecule has 0 aromatic heterocycles. The number of nitrogens with one attached hydrogen (secondary N) is 1. The number of nitrogens with two attached hydrogens (primary N) is 1. The zero-order chi connectivity index (χ0) is 10.1. The minimum Gasteiger partial charge on any atom is -0.392 e. The Morgan fingerprint density at radius 3 is 3.00 bits per heavy atom. The van der Waals surface area contributed by atoms with Gasteiger partial charge in [0.1, 0.15) is 0 Å². The van der Waals surface area contributed by atoms with Crippen LogP contribution in [0.5, 0.6) is 0 Å². The van der Waals surface area contributed by atoms with E-state index in [1.165, 1.54) is 0 Å². The molecule has 74 valence electrons. The number of anilines is 1. The number of fused-ring (bicyclic) bond motifs is 1. The first-order chi connectivity index (χ1) is 6.66. The maximum absolute atomic E-state index is 10.7. The van der Waals surface area contributed by atoms with E-state index in [0.717, 1.165) is 11.1 Å². The van der Waals surface area contributed by atoms with Crippen LogP contribution in [0, 0.1) is 0 Å². The van der Waals surface area contributed by atoms with Crippen LogP contribution in [0.1, 0.15) is 11.1 Å². The Kier molecular flexibility index (Phi) is 2.13. The summed E-state index contributed by atoms with van der Waals surface area (Å²) in [5, 5.41) is 12.0. The van der Waals surface area contributed by atoms with Gasteiger partial charge in [0.05, 0.1) is 6.10 Å². The van der Waals surface area contributed by atoms with Crippen molar-refractivity contribution < 1.29 is 9.90 Å². The topological polar surface area (TPSA) is 75.4 Å². The second-order valence-corrected chi connectivity index (χ2v) is 3.49. The lowest BCUT2D eigenvalue weighted by atomic mass is 10.1. The fourth-order valence-electron chi connectivity index (χ4n) is 1.88. The molecule has 0 saturated heterocycles. The first kappa shape index (κ1) is 9.02. The third-order valence-corrected chi connectivity index (χ3v) is 2.43. The fraction of sp³-hybridized carbons (Fsp3) is 0.300. The van der Waals surface area contributed by atoms with Gasteiger partial charge < -0.3 is 16.2 Å². The molecule has 0 aliphatic heterocycles. The van der Waals surface area contributed by atoms with Gasteiger partial charge in [-0.3, -0.25) is 0 Å². The van der Waals surface area contributed by atoms with E-state index in [4.69, 9.17) is 5.73 Å². The molecule has 0 unspecified atom stereocenters. The SMILES string of the molecule is NC(=O)Nc1cccc2c1C[C@@H](O)C2. The van der Waals surface area contributed by atoms with Gasteiger partial charge >= 0.3 is 6.03 Å². The average molecular weight is 192 g/mol. The molecule has 1 aromatic carbocycles. The predicted molar refractivity (Wildman–Crippen MR) is 53.1 cm³/mol. The number of aliphatic hydroxyl groups is 1. The Bertz CT molecular complexity index is 376. The molecule has 0 saturated carbocycles. The van der Waals surface area contributed by atoms with E-state index in [-0.39, 0.29) is 6.10 Å². The van der Waals surface area contributed by atoms with Crippen LogP contribution in [0.2, 0.25) is 0 Å². The van der Waals surface area contributed by atoms with Crippen LogP contribution >= 0.6 is 0 Å². The molecular weight excluding hydrogens is 180 g/mol. The molecule has 0 heterocycles. The Morgan fingerprint density at radius 1 is 1.50 bits per heavy atom. The van der Waals surface area contributed by atoms with Gasteiger partial charge in [0.2, 0.25) is 0 Å². The van der Waals surface area contributed by atoms with Gasteiger partial charge in [0.25, 0.3) is 0 Å². The summed E-state index contributed by atoms with van der Waals surface area (Å²) in [6.07, 6.45) is 0.913. The molecule has 1 atom stereocenters. The minimum atomic E-state index is -0.570. The van der Waals surface area contributed by atoms with Gasteiger partial charge in [-0.05, 0) is 23.6 Å². The van der Waals surface area contributed by atoms with Crippen LogP contribution in [0.3, 0.4) is 0 Å². The van der Waals surface area contributed by atoms with E-state index < -0.39 is 6.03 Å². The van der Waals surface area contributed by atoms with E-state index >= 15 is 0 Å². The van der Waals surface area contributed by atoms with Crippen molar-refractivity contribution in [3.05, 3.63) is 29.3 Å². The largest absolute Gasteiger partial charge is 0.392 e. The fourth-order valence-corrected chi connectivity index (χ4v) is 1.88. The highest BCUT2D eigenvalue weighted by molar-refractivity contribution is 5.89. The predicted octanol–water partition coefficient (Wildman–Crippen LogP) is 0.637. The first-order valence-electron chi connectivity index (χ1n) is 4.52. The Balaban J connectivity index is 2.34. The number of hydrogen-bond acceptors (Lipinski definition) is 2. The molecule has 0 spiro atoms. The number of urea groups is 1. The standard InChI is InChI=1S/C10H12N2O2/c11-10(14)12-9-3-1-2-6-4-7(13)5-8(6)9/h1-3,7,13H,4-5H2,(H3,11,12,14)/t7-/m0/s1. The molecule has 1 aromatic rings. The first-order valence-corrected chi connectivity index (χ1v) is 4.52. The summed E-state index contributed by atoms with van der Waals surface area (Å²) < 4.78 is 0. The lowest BCUT2D eigenvalue weighted by Crippen LogP contribution is -2.20. The number of carbonyl (C=O) groups is 1. The smallest absolute Gasteiger partial charge is 0.316 e. The van der Waals surface area contributed by atoms with Gasteiger partial charge in [-0.2, -0.15) is 0 Å². The quantitative estimate of drug-likeness (QED) is 0.610. The van der Waals surface area contributed by atoms with E-state index in [0.29, 0.717) is 18.5 Å². The van der Waals surface area contributed by atoms with E-state index in [9.17, 15) is 9.90 Å². The monoisotopic (exact) mass is 192 g/mol. The molecule has 0 fully saturated rings. The molecule has 1 aliphatic carbocycles. The summed E-state index contributed by atoms with van der Waals surface area (Å²) in [6, 6.07) is 5.03. The summed E-state index contributed by atoms with van der Waals surface area (Å²) in [4.78, 5) is 10.7. The normalized spacial score (nSPS) is 19.1. The van der Waals surface area contributed by atoms with Crippen molar-refractivity contribution in [1.82, 2.24) is 0 Å². The number of primary amides is 1. The molecule has 0 radical (unpaired) electrons. The zero-order valence-corrected chi connectivity index (χ0v) is 7.66. The van der Waals surface area contributed by atoms with Crippen molar-refractivity contribution in [3.63, 3.8) is 0 Å². The van der Waals surface area contributed by atoms with E-state index in [1.54, 1.807) is 6.07 Å². The van der Waals surface area contributed by atoms with Gasteiger partial charge in [-0.25, -0.2) is 4.79 Å². The van der Waals surface area contributed by atoms with Crippen molar-refractivity contribution in [2.24, 2.45) is 5.73 Å². The highest BCUT2D eigenvalue weighted by Crippen LogP contribution is 2.28. The number of hydrogen-bond donors (Lipinski definition) is 3.